The first-order valence-corrected chi connectivity index (χ1v) is 6.83. The Morgan fingerprint density at radius 3 is 2.50 bits per heavy atom. The number of hydrogen-bond donors (Lipinski definition) is 3. The van der Waals surface area contributed by atoms with Crippen LogP contribution in [-0.4, -0.2) is 42.5 Å². The number of nitrogens with one attached hydrogen (secondary N) is 1. The number of hydrogen-bond acceptors (Lipinski definition) is 5. The van der Waals surface area contributed by atoms with Gasteiger partial charge in [-0.1, -0.05) is 24.3 Å². The smallest absolute Gasteiger partial charge is 0.310 e. The molecule has 0 saturated carbocycles. The van der Waals surface area contributed by atoms with Crippen LogP contribution < -0.4 is 5.32 Å². The van der Waals surface area contributed by atoms with Gasteiger partial charge in [0.15, 0.2) is 0 Å². The second kappa shape index (κ2) is 8.68. The van der Waals surface area contributed by atoms with Crippen molar-refractivity contribution in [2.45, 2.75) is 32.0 Å². The van der Waals surface area contributed by atoms with Crippen LogP contribution in [0.2, 0.25) is 0 Å². The van der Waals surface area contributed by atoms with Gasteiger partial charge in [-0.3, -0.25) is 4.79 Å². The van der Waals surface area contributed by atoms with Crippen molar-refractivity contribution < 1.29 is 19.7 Å². The van der Waals surface area contributed by atoms with Crippen LogP contribution in [0, 0.1) is 0 Å². The molecule has 1 rings (SSSR count). The van der Waals surface area contributed by atoms with E-state index in [4.69, 9.17) is 4.74 Å². The summed E-state index contributed by atoms with van der Waals surface area (Å²) in [7, 11) is 1.79. The Labute approximate surface area is 119 Å². The van der Waals surface area contributed by atoms with Gasteiger partial charge in [0, 0.05) is 0 Å². The number of aliphatic hydroxyl groups excluding tert-OH is 2. The Hall–Kier alpha value is -1.43. The molecule has 2 atom stereocenters. The Morgan fingerprint density at radius 1 is 1.30 bits per heavy atom. The lowest BCUT2D eigenvalue weighted by Crippen LogP contribution is -2.23. The molecule has 0 aliphatic heterocycles. The summed E-state index contributed by atoms with van der Waals surface area (Å²) >= 11 is 0. The zero-order valence-corrected chi connectivity index (χ0v) is 12.0. The number of carbonyl (C=O) groups excluding carboxylic acids is 1. The number of esters is 1. The summed E-state index contributed by atoms with van der Waals surface area (Å²) in [6.07, 6.45) is -1.03. The Bertz CT molecular complexity index is 405. The van der Waals surface area contributed by atoms with E-state index in [0.29, 0.717) is 25.1 Å². The quantitative estimate of drug-likeness (QED) is 0.614. The van der Waals surface area contributed by atoms with E-state index in [0.717, 1.165) is 5.56 Å². The molecule has 0 spiro atoms. The lowest BCUT2D eigenvalue weighted by molar-refractivity contribution is -0.142. The van der Waals surface area contributed by atoms with Crippen molar-refractivity contribution in [1.82, 2.24) is 5.32 Å². The number of aliphatic hydroxyl groups is 2. The summed E-state index contributed by atoms with van der Waals surface area (Å²) in [6, 6.07) is 6.98. The minimum absolute atomic E-state index is 0.215. The minimum atomic E-state index is -0.917. The van der Waals surface area contributed by atoms with Gasteiger partial charge in [-0.05, 0) is 38.1 Å². The van der Waals surface area contributed by atoms with Crippen LogP contribution >= 0.6 is 0 Å². The highest BCUT2D eigenvalue weighted by molar-refractivity contribution is 5.72. The molecule has 1 aromatic carbocycles. The van der Waals surface area contributed by atoms with Crippen molar-refractivity contribution in [3.8, 4) is 0 Å². The molecule has 0 aliphatic carbocycles. The molecule has 3 N–H and O–H groups in total. The maximum Gasteiger partial charge on any atom is 0.310 e. The van der Waals surface area contributed by atoms with Gasteiger partial charge < -0.3 is 20.3 Å². The molecule has 5 heteroatoms. The summed E-state index contributed by atoms with van der Waals surface area (Å²) in [6.45, 7) is 2.77. The van der Waals surface area contributed by atoms with Crippen LogP contribution in [0.4, 0.5) is 0 Å². The number of benzene rings is 1. The van der Waals surface area contributed by atoms with Crippen molar-refractivity contribution in [3.05, 3.63) is 35.4 Å². The number of rotatable bonds is 8. The second-order valence-electron chi connectivity index (χ2n) is 4.63. The first-order valence-electron chi connectivity index (χ1n) is 6.83. The summed E-state index contributed by atoms with van der Waals surface area (Å²) in [4.78, 5) is 11.3. The summed E-state index contributed by atoms with van der Waals surface area (Å²) in [5, 5.41) is 22.8. The van der Waals surface area contributed by atoms with E-state index in [1.165, 1.54) is 0 Å². The molecular formula is C15H23NO4. The SMILES string of the molecule is CCOC(=O)Cc1ccc(C(O)C(O)CCNC)cc1. The monoisotopic (exact) mass is 281 g/mol. The van der Waals surface area contributed by atoms with Gasteiger partial charge >= 0.3 is 5.97 Å². The first-order chi connectivity index (χ1) is 9.58. The fourth-order valence-corrected chi connectivity index (χ4v) is 1.88. The van der Waals surface area contributed by atoms with Crippen LogP contribution in [-0.2, 0) is 16.0 Å². The van der Waals surface area contributed by atoms with Crippen molar-refractivity contribution in [1.29, 1.82) is 0 Å². The topological polar surface area (TPSA) is 78.8 Å². The summed E-state index contributed by atoms with van der Waals surface area (Å²) in [5.41, 5.74) is 1.46. The number of carbonyl (C=O) groups is 1. The van der Waals surface area contributed by atoms with Gasteiger partial charge in [0.2, 0.25) is 0 Å². The molecule has 5 nitrogen and oxygen atoms in total. The molecule has 112 valence electrons. The molecule has 0 aliphatic rings. The molecule has 20 heavy (non-hydrogen) atoms. The lowest BCUT2D eigenvalue weighted by atomic mass is 10.00. The third kappa shape index (κ3) is 5.28. The van der Waals surface area contributed by atoms with Gasteiger partial charge in [-0.25, -0.2) is 0 Å². The molecule has 1 aromatic rings. The van der Waals surface area contributed by atoms with Crippen LogP contribution in [0.1, 0.15) is 30.6 Å². The fraction of sp³-hybridized carbons (Fsp3) is 0.533. The Balaban J connectivity index is 2.59. The normalized spacial score (nSPS) is 13.8. The molecule has 2 unspecified atom stereocenters. The summed E-state index contributed by atoms with van der Waals surface area (Å²) < 4.78 is 4.87. The third-order valence-corrected chi connectivity index (χ3v) is 3.03. The van der Waals surface area contributed by atoms with Crippen molar-refractivity contribution >= 4 is 5.97 Å². The highest BCUT2D eigenvalue weighted by atomic mass is 16.5. The van der Waals surface area contributed by atoms with Gasteiger partial charge in [-0.15, -0.1) is 0 Å². The van der Waals surface area contributed by atoms with Crippen molar-refractivity contribution in [2.24, 2.45) is 0 Å². The molecule has 0 bridgehead atoms. The molecule has 0 radical (unpaired) electrons. The van der Waals surface area contributed by atoms with Crippen LogP contribution in [0.5, 0.6) is 0 Å². The number of ether oxygens (including phenoxy) is 1. The van der Waals surface area contributed by atoms with Gasteiger partial charge in [-0.2, -0.15) is 0 Å². The van der Waals surface area contributed by atoms with Crippen LogP contribution in [0.15, 0.2) is 24.3 Å². The lowest BCUT2D eigenvalue weighted by Gasteiger charge is -2.18. The summed E-state index contributed by atoms with van der Waals surface area (Å²) in [5.74, 6) is -0.269. The average molecular weight is 281 g/mol. The van der Waals surface area contributed by atoms with Gasteiger partial charge in [0.1, 0.15) is 6.10 Å². The fourth-order valence-electron chi connectivity index (χ4n) is 1.88. The third-order valence-electron chi connectivity index (χ3n) is 3.03. The van der Waals surface area contributed by atoms with E-state index in [1.54, 1.807) is 38.2 Å². The van der Waals surface area contributed by atoms with E-state index in [1.807, 2.05) is 0 Å². The highest BCUT2D eigenvalue weighted by Gasteiger charge is 2.17. The average Bonchev–Trinajstić information content (AvgIpc) is 2.45. The first kappa shape index (κ1) is 16.6. The zero-order chi connectivity index (χ0) is 15.0. The molecule has 0 fully saturated rings. The van der Waals surface area contributed by atoms with E-state index in [-0.39, 0.29) is 12.4 Å². The molecule has 0 aromatic heterocycles. The van der Waals surface area contributed by atoms with E-state index >= 15 is 0 Å². The maximum atomic E-state index is 11.3. The standard InChI is InChI=1S/C15H23NO4/c1-3-20-14(18)10-11-4-6-12(7-5-11)15(19)13(17)8-9-16-2/h4-7,13,15-17,19H,3,8-10H2,1-2H3. The van der Waals surface area contributed by atoms with Crippen LogP contribution in [0.25, 0.3) is 0 Å². The second-order valence-corrected chi connectivity index (χ2v) is 4.63. The molecular weight excluding hydrogens is 258 g/mol. The van der Waals surface area contributed by atoms with Crippen LogP contribution in [0.3, 0.4) is 0 Å². The van der Waals surface area contributed by atoms with Crippen molar-refractivity contribution in [2.75, 3.05) is 20.2 Å². The predicted molar refractivity (Wildman–Crippen MR) is 76.3 cm³/mol. The van der Waals surface area contributed by atoms with E-state index < -0.39 is 12.2 Å². The minimum Gasteiger partial charge on any atom is -0.466 e. The Kier molecular flexibility index (Phi) is 7.22. The van der Waals surface area contributed by atoms with E-state index in [2.05, 4.69) is 5.32 Å². The molecule has 0 amide bonds. The van der Waals surface area contributed by atoms with Gasteiger partial charge in [0.05, 0.1) is 19.1 Å². The molecule has 0 heterocycles. The largest absolute Gasteiger partial charge is 0.466 e. The Morgan fingerprint density at radius 2 is 1.95 bits per heavy atom. The maximum absolute atomic E-state index is 11.3. The zero-order valence-electron chi connectivity index (χ0n) is 12.0. The van der Waals surface area contributed by atoms with Crippen molar-refractivity contribution in [3.63, 3.8) is 0 Å². The van der Waals surface area contributed by atoms with Gasteiger partial charge in [0.25, 0.3) is 0 Å². The predicted octanol–water partition coefficient (Wildman–Crippen LogP) is 0.796. The van der Waals surface area contributed by atoms with E-state index in [9.17, 15) is 15.0 Å². The molecule has 0 saturated heterocycles. The highest BCUT2D eigenvalue weighted by Crippen LogP contribution is 2.19.